The number of nitrogens with zero attached hydrogens (tertiary/aromatic N) is 1. The summed E-state index contributed by atoms with van der Waals surface area (Å²) in [5, 5.41) is 0. The SMILES string of the molecule is [2H]C1CCC([2H])N1C(CCCCCCCCCCCCCCCCCCC)C(C)=CC. The summed E-state index contributed by atoms with van der Waals surface area (Å²) >= 11 is 0. The van der Waals surface area contributed by atoms with Gasteiger partial charge in [-0.25, -0.2) is 0 Å². The average molecular weight is 408 g/mol. The molecule has 1 fully saturated rings. The van der Waals surface area contributed by atoms with Gasteiger partial charge >= 0.3 is 0 Å². The van der Waals surface area contributed by atoms with Gasteiger partial charge in [-0.3, -0.25) is 4.90 Å². The van der Waals surface area contributed by atoms with Gasteiger partial charge in [0.05, 0.1) is 0 Å². The maximum absolute atomic E-state index is 8.30. The minimum Gasteiger partial charge on any atom is -0.297 e. The predicted molar refractivity (Wildman–Crippen MR) is 133 cm³/mol. The minimum absolute atomic E-state index is 0.173. The third kappa shape index (κ3) is 14.4. The quantitative estimate of drug-likeness (QED) is 0.143. The summed E-state index contributed by atoms with van der Waals surface area (Å²) < 4.78 is 16.6. The van der Waals surface area contributed by atoms with Gasteiger partial charge in [-0.1, -0.05) is 128 Å². The lowest BCUT2D eigenvalue weighted by atomic mass is 9.98. The molecule has 1 heterocycles. The van der Waals surface area contributed by atoms with E-state index in [-0.39, 0.29) is 13.0 Å². The summed E-state index contributed by atoms with van der Waals surface area (Å²) in [7, 11) is 0. The van der Waals surface area contributed by atoms with E-state index in [1.165, 1.54) is 115 Å². The van der Waals surface area contributed by atoms with Crippen LogP contribution < -0.4 is 0 Å². The maximum atomic E-state index is 8.30. The van der Waals surface area contributed by atoms with Crippen molar-refractivity contribution < 1.29 is 2.74 Å². The van der Waals surface area contributed by atoms with Crippen molar-refractivity contribution in [2.24, 2.45) is 0 Å². The molecule has 0 bridgehead atoms. The van der Waals surface area contributed by atoms with Gasteiger partial charge in [-0.05, 0) is 46.2 Å². The highest BCUT2D eigenvalue weighted by molar-refractivity contribution is 5.07. The van der Waals surface area contributed by atoms with E-state index in [9.17, 15) is 0 Å². The molecule has 1 saturated heterocycles. The molecule has 1 aliphatic rings. The second-order valence-corrected chi connectivity index (χ2v) is 9.38. The zero-order valence-corrected chi connectivity index (χ0v) is 20.4. The van der Waals surface area contributed by atoms with E-state index < -0.39 is 0 Å². The third-order valence-electron chi connectivity index (χ3n) is 6.77. The Bertz CT molecular complexity index is 427. The molecule has 0 aromatic rings. The van der Waals surface area contributed by atoms with Crippen LogP contribution in [0.1, 0.15) is 152 Å². The zero-order valence-electron chi connectivity index (χ0n) is 22.4. The minimum atomic E-state index is -0.173. The fraction of sp³-hybridized carbons (Fsp3) is 0.929. The smallest absolute Gasteiger partial charge is 0.0431 e. The molecule has 0 radical (unpaired) electrons. The van der Waals surface area contributed by atoms with Crippen LogP contribution in [0.5, 0.6) is 0 Å². The first-order valence-corrected chi connectivity index (χ1v) is 13.4. The van der Waals surface area contributed by atoms with Gasteiger partial charge in [-0.2, -0.15) is 0 Å². The lowest BCUT2D eigenvalue weighted by Gasteiger charge is -2.28. The number of unbranched alkanes of at least 4 members (excludes halogenated alkanes) is 16. The van der Waals surface area contributed by atoms with E-state index in [1.54, 1.807) is 0 Å². The van der Waals surface area contributed by atoms with Crippen LogP contribution in [-0.2, 0) is 0 Å². The van der Waals surface area contributed by atoms with Crippen molar-refractivity contribution in [1.82, 2.24) is 4.90 Å². The fourth-order valence-corrected chi connectivity index (χ4v) is 4.64. The fourth-order valence-electron chi connectivity index (χ4n) is 4.64. The highest BCUT2D eigenvalue weighted by Crippen LogP contribution is 2.23. The Balaban J connectivity index is 1.94. The van der Waals surface area contributed by atoms with Crippen molar-refractivity contribution in [2.75, 3.05) is 13.0 Å². The van der Waals surface area contributed by atoms with Gasteiger partial charge in [0.15, 0.2) is 0 Å². The molecule has 29 heavy (non-hydrogen) atoms. The molecule has 172 valence electrons. The van der Waals surface area contributed by atoms with Gasteiger partial charge in [0.2, 0.25) is 0 Å². The van der Waals surface area contributed by atoms with Gasteiger partial charge in [-0.15, -0.1) is 0 Å². The molecule has 1 heteroatoms. The molecule has 1 aliphatic heterocycles. The topological polar surface area (TPSA) is 3.24 Å². The van der Waals surface area contributed by atoms with Crippen LogP contribution in [0.2, 0.25) is 0 Å². The number of rotatable bonds is 20. The lowest BCUT2D eigenvalue weighted by Crippen LogP contribution is -2.33. The standard InChI is InChI=1S/C28H55N/c1-4-6-7-8-9-10-11-12-13-14-15-16-17-18-19-20-21-24-28(27(3)5-2)29-25-22-23-26-29/h5,28H,4,6-26H2,1-3H3/i25D,26D. The molecule has 0 saturated carbocycles. The molecule has 3 atom stereocenters. The summed E-state index contributed by atoms with van der Waals surface area (Å²) in [6, 6.07) is 0.314. The largest absolute Gasteiger partial charge is 0.297 e. The summed E-state index contributed by atoms with van der Waals surface area (Å²) in [5.74, 6) is 0. The van der Waals surface area contributed by atoms with Crippen molar-refractivity contribution >= 4 is 0 Å². The van der Waals surface area contributed by atoms with Crippen LogP contribution in [0.15, 0.2) is 11.6 Å². The molecule has 0 spiro atoms. The van der Waals surface area contributed by atoms with Gasteiger partial charge in [0, 0.05) is 8.78 Å². The summed E-state index contributed by atoms with van der Waals surface area (Å²) in [6.45, 7) is 6.24. The van der Waals surface area contributed by atoms with Crippen LogP contribution in [0, 0.1) is 0 Å². The normalized spacial score (nSPS) is 22.7. The van der Waals surface area contributed by atoms with E-state index in [2.05, 4.69) is 31.7 Å². The van der Waals surface area contributed by atoms with Crippen molar-refractivity contribution in [1.29, 1.82) is 0 Å². The second-order valence-electron chi connectivity index (χ2n) is 9.38. The van der Waals surface area contributed by atoms with Crippen molar-refractivity contribution in [2.45, 2.75) is 155 Å². The number of hydrogen-bond donors (Lipinski definition) is 0. The monoisotopic (exact) mass is 407 g/mol. The van der Waals surface area contributed by atoms with E-state index in [1.807, 2.05) is 0 Å². The van der Waals surface area contributed by atoms with Gasteiger partial charge < -0.3 is 0 Å². The Hall–Kier alpha value is -0.300. The first kappa shape index (κ1) is 23.4. The highest BCUT2D eigenvalue weighted by atomic mass is 15.2. The van der Waals surface area contributed by atoms with Crippen molar-refractivity contribution in [3.8, 4) is 0 Å². The Labute approximate surface area is 187 Å². The summed E-state index contributed by atoms with van der Waals surface area (Å²) in [5.41, 5.74) is 1.35. The summed E-state index contributed by atoms with van der Waals surface area (Å²) in [6.07, 6.45) is 29.0. The maximum Gasteiger partial charge on any atom is 0.0431 e. The van der Waals surface area contributed by atoms with Crippen LogP contribution in [0.3, 0.4) is 0 Å². The van der Waals surface area contributed by atoms with Crippen molar-refractivity contribution in [3.63, 3.8) is 0 Å². The predicted octanol–water partition coefficient (Wildman–Crippen LogP) is 9.46. The van der Waals surface area contributed by atoms with E-state index in [4.69, 9.17) is 2.74 Å². The van der Waals surface area contributed by atoms with Crippen LogP contribution >= 0.6 is 0 Å². The molecule has 0 amide bonds. The van der Waals surface area contributed by atoms with E-state index in [0.717, 1.165) is 19.3 Å². The number of likely N-dealkylation sites (tertiary alicyclic amines) is 1. The Kier molecular flexibility index (Phi) is 15.8. The number of hydrogen-bond acceptors (Lipinski definition) is 1. The molecule has 3 unspecified atom stereocenters. The van der Waals surface area contributed by atoms with Gasteiger partial charge in [0.25, 0.3) is 0 Å². The average Bonchev–Trinajstić information content (AvgIpc) is 3.10. The molecule has 0 aliphatic carbocycles. The lowest BCUT2D eigenvalue weighted by molar-refractivity contribution is 0.255. The zero-order chi connectivity index (χ0) is 22.7. The van der Waals surface area contributed by atoms with Crippen LogP contribution in [0.25, 0.3) is 0 Å². The van der Waals surface area contributed by atoms with Crippen LogP contribution in [-0.4, -0.2) is 24.0 Å². The Morgan fingerprint density at radius 2 is 1.10 bits per heavy atom. The molecule has 0 aromatic heterocycles. The Morgan fingerprint density at radius 1 is 0.724 bits per heavy atom. The van der Waals surface area contributed by atoms with E-state index in [0.29, 0.717) is 6.04 Å². The molecule has 1 nitrogen and oxygen atoms in total. The first-order chi connectivity index (χ1) is 15.1. The molecule has 0 N–H and O–H groups in total. The molecular weight excluding hydrogens is 350 g/mol. The Morgan fingerprint density at radius 3 is 1.48 bits per heavy atom. The molecule has 1 rings (SSSR count). The molecular formula is C28H55N. The van der Waals surface area contributed by atoms with E-state index >= 15 is 0 Å². The molecule has 0 aromatic carbocycles. The second kappa shape index (κ2) is 19.7. The highest BCUT2D eigenvalue weighted by Gasteiger charge is 2.22. The summed E-state index contributed by atoms with van der Waals surface area (Å²) in [4.78, 5) is 2.15. The first-order valence-electron chi connectivity index (χ1n) is 14.5. The number of allylic oxidation sites excluding steroid dienone is 1. The van der Waals surface area contributed by atoms with Crippen molar-refractivity contribution in [3.05, 3.63) is 11.6 Å². The van der Waals surface area contributed by atoms with Crippen LogP contribution in [0.4, 0.5) is 0 Å². The van der Waals surface area contributed by atoms with Gasteiger partial charge in [0.1, 0.15) is 0 Å². The third-order valence-corrected chi connectivity index (χ3v) is 6.77.